The fourth-order valence-electron chi connectivity index (χ4n) is 4.28. The molecule has 8 heteroatoms. The number of halogens is 1. The summed E-state index contributed by atoms with van der Waals surface area (Å²) in [5.74, 6) is -0.418. The van der Waals surface area contributed by atoms with Crippen molar-refractivity contribution < 1.29 is 23.5 Å². The number of rotatable bonds is 7. The smallest absolute Gasteiger partial charge is 0.253 e. The zero-order valence-electron chi connectivity index (χ0n) is 19.0. The second-order valence-corrected chi connectivity index (χ2v) is 8.12. The lowest BCUT2D eigenvalue weighted by atomic mass is 9.87. The zero-order chi connectivity index (χ0) is 24.1. The lowest BCUT2D eigenvalue weighted by Gasteiger charge is -2.21. The number of carbonyl (C=O) groups is 2. The van der Waals surface area contributed by atoms with E-state index in [4.69, 9.17) is 9.47 Å². The van der Waals surface area contributed by atoms with Crippen LogP contribution in [0.15, 0.2) is 67.0 Å². The Labute approximate surface area is 197 Å². The molecule has 34 heavy (non-hydrogen) atoms. The highest BCUT2D eigenvalue weighted by atomic mass is 19.1. The first-order valence-electron chi connectivity index (χ1n) is 10.9. The van der Waals surface area contributed by atoms with Crippen LogP contribution in [-0.4, -0.2) is 49.0 Å². The van der Waals surface area contributed by atoms with Crippen molar-refractivity contribution in [3.05, 3.63) is 89.5 Å². The molecule has 1 aliphatic heterocycles. The van der Waals surface area contributed by atoms with Crippen molar-refractivity contribution >= 4 is 11.8 Å². The van der Waals surface area contributed by atoms with Crippen molar-refractivity contribution in [1.82, 2.24) is 15.2 Å². The molecule has 1 aromatic heterocycles. The van der Waals surface area contributed by atoms with Crippen LogP contribution in [0.5, 0.6) is 11.5 Å². The van der Waals surface area contributed by atoms with Crippen LogP contribution in [0.4, 0.5) is 4.39 Å². The molecule has 176 valence electrons. The fourth-order valence-corrected chi connectivity index (χ4v) is 4.28. The maximum absolute atomic E-state index is 13.4. The molecule has 1 saturated heterocycles. The summed E-state index contributed by atoms with van der Waals surface area (Å²) in [5, 5.41) is 2.97. The fraction of sp³-hybridized carbons (Fsp3) is 0.269. The molecule has 0 saturated carbocycles. The van der Waals surface area contributed by atoms with Crippen molar-refractivity contribution in [2.45, 2.75) is 12.5 Å². The van der Waals surface area contributed by atoms with Crippen molar-refractivity contribution in [2.24, 2.45) is 5.92 Å². The van der Waals surface area contributed by atoms with Crippen LogP contribution in [-0.2, 0) is 11.3 Å². The topological polar surface area (TPSA) is 80.8 Å². The van der Waals surface area contributed by atoms with E-state index in [0.29, 0.717) is 30.2 Å². The Balaban J connectivity index is 1.62. The minimum absolute atomic E-state index is 0.173. The number of hydrogen-bond acceptors (Lipinski definition) is 5. The van der Waals surface area contributed by atoms with Crippen LogP contribution in [0, 0.1) is 11.7 Å². The van der Waals surface area contributed by atoms with Crippen molar-refractivity contribution in [3.63, 3.8) is 0 Å². The zero-order valence-corrected chi connectivity index (χ0v) is 19.0. The van der Waals surface area contributed by atoms with Gasteiger partial charge in [-0.05, 0) is 54.1 Å². The van der Waals surface area contributed by atoms with E-state index in [1.54, 1.807) is 43.6 Å². The van der Waals surface area contributed by atoms with E-state index in [1.165, 1.54) is 24.3 Å². The van der Waals surface area contributed by atoms with E-state index in [2.05, 4.69) is 10.3 Å². The van der Waals surface area contributed by atoms with Crippen LogP contribution >= 0.6 is 0 Å². The number of amides is 2. The molecule has 2 atom stereocenters. The molecule has 1 N–H and O–H groups in total. The first-order valence-corrected chi connectivity index (χ1v) is 10.9. The Morgan fingerprint density at radius 1 is 1.09 bits per heavy atom. The normalized spacial score (nSPS) is 17.3. The van der Waals surface area contributed by atoms with Gasteiger partial charge >= 0.3 is 0 Å². The van der Waals surface area contributed by atoms with Gasteiger partial charge in [-0.3, -0.25) is 14.6 Å². The number of carbonyl (C=O) groups excluding carboxylic acids is 2. The largest absolute Gasteiger partial charge is 0.497 e. The lowest BCUT2D eigenvalue weighted by Crippen LogP contribution is -2.35. The number of methoxy groups -OCH3 is 2. The SMILES string of the molecule is COc1ccc(OC)c(C2CN(C(=O)c3ccc(F)cc3)CC2C(=O)NCc2cccnc2)c1. The van der Waals surface area contributed by atoms with Gasteiger partial charge in [0.15, 0.2) is 0 Å². The third kappa shape index (κ3) is 5.01. The van der Waals surface area contributed by atoms with Gasteiger partial charge in [-0.25, -0.2) is 4.39 Å². The van der Waals surface area contributed by atoms with Gasteiger partial charge in [0.2, 0.25) is 5.91 Å². The average molecular weight is 464 g/mol. The van der Waals surface area contributed by atoms with E-state index in [1.807, 2.05) is 18.2 Å². The highest BCUT2D eigenvalue weighted by Crippen LogP contribution is 2.40. The summed E-state index contributed by atoms with van der Waals surface area (Å²) in [6.07, 6.45) is 3.37. The predicted octanol–water partition coefficient (Wildman–Crippen LogP) is 3.41. The number of pyridine rings is 1. The third-order valence-corrected chi connectivity index (χ3v) is 6.06. The van der Waals surface area contributed by atoms with E-state index in [0.717, 1.165) is 11.1 Å². The maximum atomic E-state index is 13.4. The molecule has 2 heterocycles. The number of ether oxygens (including phenoxy) is 2. The summed E-state index contributed by atoms with van der Waals surface area (Å²) in [4.78, 5) is 32.2. The van der Waals surface area contributed by atoms with Gasteiger partial charge in [0.05, 0.1) is 20.1 Å². The highest BCUT2D eigenvalue weighted by molar-refractivity contribution is 5.95. The summed E-state index contributed by atoms with van der Waals surface area (Å²) in [6.45, 7) is 0.863. The number of nitrogens with zero attached hydrogens (tertiary/aromatic N) is 2. The molecule has 0 aliphatic carbocycles. The number of aromatic nitrogens is 1. The molecule has 2 amide bonds. The molecular formula is C26H26FN3O4. The van der Waals surface area contributed by atoms with E-state index in [-0.39, 0.29) is 24.3 Å². The van der Waals surface area contributed by atoms with Crippen molar-refractivity contribution in [2.75, 3.05) is 27.3 Å². The number of benzene rings is 2. The Morgan fingerprint density at radius 3 is 2.56 bits per heavy atom. The first-order chi connectivity index (χ1) is 16.5. The minimum Gasteiger partial charge on any atom is -0.497 e. The minimum atomic E-state index is -0.512. The van der Waals surface area contributed by atoms with Gasteiger partial charge in [-0.1, -0.05) is 6.07 Å². The number of nitrogens with one attached hydrogen (secondary N) is 1. The Morgan fingerprint density at radius 2 is 1.88 bits per heavy atom. The average Bonchev–Trinajstić information content (AvgIpc) is 3.33. The summed E-state index contributed by atoms with van der Waals surface area (Å²) < 4.78 is 24.3. The number of hydrogen-bond donors (Lipinski definition) is 1. The van der Waals surface area contributed by atoms with Gasteiger partial charge in [0.1, 0.15) is 17.3 Å². The highest BCUT2D eigenvalue weighted by Gasteiger charge is 2.42. The lowest BCUT2D eigenvalue weighted by molar-refractivity contribution is -0.125. The molecule has 2 unspecified atom stereocenters. The maximum Gasteiger partial charge on any atom is 0.253 e. The van der Waals surface area contributed by atoms with Gasteiger partial charge in [-0.2, -0.15) is 0 Å². The van der Waals surface area contributed by atoms with Crippen molar-refractivity contribution in [3.8, 4) is 11.5 Å². The summed E-state index contributed by atoms with van der Waals surface area (Å²) in [5.41, 5.74) is 2.04. The first kappa shape index (κ1) is 23.2. The molecule has 3 aromatic rings. The van der Waals surface area contributed by atoms with E-state index in [9.17, 15) is 14.0 Å². The van der Waals surface area contributed by atoms with Crippen LogP contribution in [0.2, 0.25) is 0 Å². The quantitative estimate of drug-likeness (QED) is 0.581. The molecule has 1 fully saturated rings. The van der Waals surface area contributed by atoms with Gasteiger partial charge in [0, 0.05) is 49.1 Å². The predicted molar refractivity (Wildman–Crippen MR) is 124 cm³/mol. The van der Waals surface area contributed by atoms with Gasteiger partial charge < -0.3 is 19.7 Å². The number of likely N-dealkylation sites (tertiary alicyclic amines) is 1. The van der Waals surface area contributed by atoms with Crippen LogP contribution in [0.3, 0.4) is 0 Å². The molecule has 2 aromatic carbocycles. The molecule has 0 bridgehead atoms. The Hall–Kier alpha value is -3.94. The molecular weight excluding hydrogens is 437 g/mol. The molecule has 0 radical (unpaired) electrons. The van der Waals surface area contributed by atoms with Crippen LogP contribution in [0.25, 0.3) is 0 Å². The molecule has 0 spiro atoms. The Kier molecular flexibility index (Phi) is 7.06. The van der Waals surface area contributed by atoms with Crippen LogP contribution in [0.1, 0.15) is 27.4 Å². The third-order valence-electron chi connectivity index (χ3n) is 6.06. The standard InChI is InChI=1S/C26H26FN3O4/c1-33-20-9-10-24(34-2)21(12-20)22-15-30(26(32)18-5-7-19(27)8-6-18)16-23(22)25(31)29-14-17-4-3-11-28-13-17/h3-13,22-23H,14-16H2,1-2H3,(H,29,31). The summed E-state index contributed by atoms with van der Waals surface area (Å²) in [7, 11) is 3.14. The summed E-state index contributed by atoms with van der Waals surface area (Å²) >= 11 is 0. The second kappa shape index (κ2) is 10.3. The molecule has 4 rings (SSSR count). The van der Waals surface area contributed by atoms with Crippen molar-refractivity contribution in [1.29, 1.82) is 0 Å². The molecule has 1 aliphatic rings. The van der Waals surface area contributed by atoms with E-state index < -0.39 is 11.7 Å². The molecule has 7 nitrogen and oxygen atoms in total. The Bertz CT molecular complexity index is 1150. The second-order valence-electron chi connectivity index (χ2n) is 8.12. The van der Waals surface area contributed by atoms with Crippen LogP contribution < -0.4 is 14.8 Å². The van der Waals surface area contributed by atoms with E-state index >= 15 is 0 Å². The summed E-state index contributed by atoms with van der Waals surface area (Å²) in [6, 6.07) is 14.5. The van der Waals surface area contributed by atoms with Gasteiger partial charge in [-0.15, -0.1) is 0 Å². The van der Waals surface area contributed by atoms with Gasteiger partial charge in [0.25, 0.3) is 5.91 Å². The monoisotopic (exact) mass is 463 g/mol.